The molecule has 0 saturated heterocycles. The maximum Gasteiger partial charge on any atom is 0.129 e. The molecule has 1 nitrogen and oxygen atoms in total. The number of hydrogen-bond acceptors (Lipinski definition) is 1. The van der Waals surface area contributed by atoms with Gasteiger partial charge in [-0.05, 0) is 39.0 Å². The number of carbonyl (C=O) groups excluding carboxylic acids is 1. The third-order valence-electron chi connectivity index (χ3n) is 2.16. The van der Waals surface area contributed by atoms with Crippen LogP contribution in [0.3, 0.4) is 0 Å². The number of carbonyl (C=O) groups is 1. The Morgan fingerprint density at radius 1 is 1.64 bits per heavy atom. The third kappa shape index (κ3) is 3.35. The minimum atomic E-state index is 0.323. The fraction of sp³-hybridized carbons (Fsp3) is 0.700. The van der Waals surface area contributed by atoms with Crippen molar-refractivity contribution in [1.29, 1.82) is 0 Å². The van der Waals surface area contributed by atoms with Crippen molar-refractivity contribution in [3.8, 4) is 0 Å². The van der Waals surface area contributed by atoms with Crippen LogP contribution in [0.2, 0.25) is 0 Å². The van der Waals surface area contributed by atoms with E-state index in [0.717, 1.165) is 19.3 Å². The van der Waals surface area contributed by atoms with Gasteiger partial charge in [0, 0.05) is 6.42 Å². The first kappa shape index (κ1) is 8.51. The van der Waals surface area contributed by atoms with Crippen LogP contribution < -0.4 is 0 Å². The second-order valence-corrected chi connectivity index (χ2v) is 3.31. The van der Waals surface area contributed by atoms with Crippen LogP contribution in [0.5, 0.6) is 0 Å². The van der Waals surface area contributed by atoms with Gasteiger partial charge in [-0.15, -0.1) is 0 Å². The number of ketones is 1. The molecule has 0 aliphatic heterocycles. The minimum absolute atomic E-state index is 0.323. The van der Waals surface area contributed by atoms with E-state index >= 15 is 0 Å². The van der Waals surface area contributed by atoms with Gasteiger partial charge in [0.05, 0.1) is 0 Å². The van der Waals surface area contributed by atoms with Crippen molar-refractivity contribution in [3.63, 3.8) is 0 Å². The fourth-order valence-corrected chi connectivity index (χ4v) is 1.53. The molecule has 1 aliphatic rings. The molecule has 1 heteroatoms. The molecule has 0 heterocycles. The Kier molecular flexibility index (Phi) is 3.34. The van der Waals surface area contributed by atoms with E-state index in [2.05, 4.69) is 6.08 Å². The zero-order valence-electron chi connectivity index (χ0n) is 7.23. The molecule has 0 aromatic carbocycles. The van der Waals surface area contributed by atoms with Gasteiger partial charge in [-0.1, -0.05) is 11.6 Å². The van der Waals surface area contributed by atoms with Crippen LogP contribution >= 0.6 is 0 Å². The van der Waals surface area contributed by atoms with Gasteiger partial charge in [-0.2, -0.15) is 0 Å². The highest BCUT2D eigenvalue weighted by Gasteiger charge is 2.03. The standard InChI is InChI=1S/C10H16O/c1-9(11)5-4-8-10-6-2-3-7-10/h6H,2-5,7-8H2,1H3. The van der Waals surface area contributed by atoms with E-state index in [1.807, 2.05) is 0 Å². The summed E-state index contributed by atoms with van der Waals surface area (Å²) in [6.07, 6.45) is 9.17. The molecular weight excluding hydrogens is 136 g/mol. The second-order valence-electron chi connectivity index (χ2n) is 3.31. The lowest BCUT2D eigenvalue weighted by Crippen LogP contribution is -1.89. The summed E-state index contributed by atoms with van der Waals surface area (Å²) in [4.78, 5) is 10.6. The molecule has 0 bridgehead atoms. The van der Waals surface area contributed by atoms with Crippen molar-refractivity contribution in [1.82, 2.24) is 0 Å². The zero-order chi connectivity index (χ0) is 8.10. The summed E-state index contributed by atoms with van der Waals surface area (Å²) < 4.78 is 0. The van der Waals surface area contributed by atoms with E-state index in [9.17, 15) is 4.79 Å². The van der Waals surface area contributed by atoms with Crippen LogP contribution in [0, 0.1) is 0 Å². The van der Waals surface area contributed by atoms with Gasteiger partial charge in [0.1, 0.15) is 5.78 Å². The molecule has 0 amide bonds. The Morgan fingerprint density at radius 3 is 3.00 bits per heavy atom. The quantitative estimate of drug-likeness (QED) is 0.566. The zero-order valence-corrected chi connectivity index (χ0v) is 7.23. The Bertz CT molecular complexity index is 168. The van der Waals surface area contributed by atoms with Gasteiger partial charge in [0.15, 0.2) is 0 Å². The topological polar surface area (TPSA) is 17.1 Å². The van der Waals surface area contributed by atoms with Crippen molar-refractivity contribution in [3.05, 3.63) is 11.6 Å². The molecule has 0 aromatic heterocycles. The average Bonchev–Trinajstić information content (AvgIpc) is 2.39. The minimum Gasteiger partial charge on any atom is -0.300 e. The summed E-state index contributed by atoms with van der Waals surface area (Å²) in [5.41, 5.74) is 1.58. The van der Waals surface area contributed by atoms with E-state index in [-0.39, 0.29) is 0 Å². The lowest BCUT2D eigenvalue weighted by Gasteiger charge is -1.98. The van der Waals surface area contributed by atoms with Crippen LogP contribution in [0.25, 0.3) is 0 Å². The maximum atomic E-state index is 10.6. The number of Topliss-reactive ketones (excluding diaryl/α,β-unsaturated/α-hetero) is 1. The van der Waals surface area contributed by atoms with Crippen LogP contribution in [0.15, 0.2) is 11.6 Å². The SMILES string of the molecule is CC(=O)CCCC1=CCCC1. The molecule has 0 aromatic rings. The highest BCUT2D eigenvalue weighted by atomic mass is 16.1. The predicted molar refractivity (Wildman–Crippen MR) is 46.5 cm³/mol. The summed E-state index contributed by atoms with van der Waals surface area (Å²) in [6, 6.07) is 0. The molecule has 62 valence electrons. The maximum absolute atomic E-state index is 10.6. The predicted octanol–water partition coefficient (Wildman–Crippen LogP) is 2.86. The molecule has 1 aliphatic carbocycles. The molecule has 0 saturated carbocycles. The Balaban J connectivity index is 2.07. The van der Waals surface area contributed by atoms with E-state index in [4.69, 9.17) is 0 Å². The van der Waals surface area contributed by atoms with Crippen molar-refractivity contribution >= 4 is 5.78 Å². The van der Waals surface area contributed by atoms with Crippen LogP contribution in [-0.4, -0.2) is 5.78 Å². The Labute approximate surface area is 68.5 Å². The lowest BCUT2D eigenvalue weighted by molar-refractivity contribution is -0.117. The van der Waals surface area contributed by atoms with E-state index in [1.54, 1.807) is 12.5 Å². The molecule has 0 spiro atoms. The first-order chi connectivity index (χ1) is 5.29. The third-order valence-corrected chi connectivity index (χ3v) is 2.16. The highest BCUT2D eigenvalue weighted by molar-refractivity contribution is 5.75. The number of rotatable bonds is 4. The number of allylic oxidation sites excluding steroid dienone is 2. The fourth-order valence-electron chi connectivity index (χ4n) is 1.53. The summed E-state index contributed by atoms with van der Waals surface area (Å²) in [5, 5.41) is 0. The van der Waals surface area contributed by atoms with Crippen LogP contribution in [0.4, 0.5) is 0 Å². The number of hydrogen-bond donors (Lipinski definition) is 0. The van der Waals surface area contributed by atoms with Crippen molar-refractivity contribution in [2.75, 3.05) is 0 Å². The highest BCUT2D eigenvalue weighted by Crippen LogP contribution is 2.22. The molecule has 0 atom stereocenters. The second kappa shape index (κ2) is 4.32. The molecule has 1 rings (SSSR count). The van der Waals surface area contributed by atoms with Gasteiger partial charge >= 0.3 is 0 Å². The van der Waals surface area contributed by atoms with E-state index < -0.39 is 0 Å². The van der Waals surface area contributed by atoms with Gasteiger partial charge in [-0.3, -0.25) is 0 Å². The summed E-state index contributed by atoms with van der Waals surface area (Å²) in [7, 11) is 0. The largest absolute Gasteiger partial charge is 0.300 e. The molecule has 0 unspecified atom stereocenters. The van der Waals surface area contributed by atoms with E-state index in [1.165, 1.54) is 19.3 Å². The van der Waals surface area contributed by atoms with Crippen LogP contribution in [-0.2, 0) is 4.79 Å². The lowest BCUT2D eigenvalue weighted by atomic mass is 10.1. The van der Waals surface area contributed by atoms with Gasteiger partial charge < -0.3 is 4.79 Å². The molecule has 0 fully saturated rings. The Hall–Kier alpha value is -0.590. The summed E-state index contributed by atoms with van der Waals surface area (Å²) in [5.74, 6) is 0.323. The van der Waals surface area contributed by atoms with Crippen molar-refractivity contribution in [2.24, 2.45) is 0 Å². The van der Waals surface area contributed by atoms with Gasteiger partial charge in [0.25, 0.3) is 0 Å². The normalized spacial score (nSPS) is 16.6. The Morgan fingerprint density at radius 2 is 2.45 bits per heavy atom. The average molecular weight is 152 g/mol. The van der Waals surface area contributed by atoms with Crippen molar-refractivity contribution < 1.29 is 4.79 Å². The molecular formula is C10H16O. The van der Waals surface area contributed by atoms with E-state index in [0.29, 0.717) is 5.78 Å². The molecule has 11 heavy (non-hydrogen) atoms. The first-order valence-corrected chi connectivity index (χ1v) is 4.46. The first-order valence-electron chi connectivity index (χ1n) is 4.46. The van der Waals surface area contributed by atoms with Gasteiger partial charge in [-0.25, -0.2) is 0 Å². The van der Waals surface area contributed by atoms with Crippen LogP contribution in [0.1, 0.15) is 45.4 Å². The molecule has 0 N–H and O–H groups in total. The summed E-state index contributed by atoms with van der Waals surface area (Å²) in [6.45, 7) is 1.67. The summed E-state index contributed by atoms with van der Waals surface area (Å²) >= 11 is 0. The monoisotopic (exact) mass is 152 g/mol. The smallest absolute Gasteiger partial charge is 0.129 e. The molecule has 0 radical (unpaired) electrons. The van der Waals surface area contributed by atoms with Gasteiger partial charge in [0.2, 0.25) is 0 Å². The van der Waals surface area contributed by atoms with Crippen molar-refractivity contribution in [2.45, 2.75) is 45.4 Å².